The number of hydrogen-bond donors (Lipinski definition) is 1. The Kier molecular flexibility index (Phi) is 4.34. The number of aliphatic carboxylic acids is 1. The maximum atomic E-state index is 11.9. The number of thiophene rings is 1. The van der Waals surface area contributed by atoms with Crippen LogP contribution in [0.2, 0.25) is 0 Å². The largest absolute Gasteiger partial charge is 0.480 e. The van der Waals surface area contributed by atoms with Crippen molar-refractivity contribution in [3.05, 3.63) is 77.3 Å². The summed E-state index contributed by atoms with van der Waals surface area (Å²) in [4.78, 5) is 20.1. The molecule has 28 heavy (non-hydrogen) atoms. The van der Waals surface area contributed by atoms with Crippen LogP contribution in [0.3, 0.4) is 0 Å². The summed E-state index contributed by atoms with van der Waals surface area (Å²) in [5, 5.41) is 12.1. The van der Waals surface area contributed by atoms with Crippen molar-refractivity contribution >= 4 is 38.3 Å². The number of carboxylic acid groups (broad SMARTS) is 1. The molecular formula is C23H20N2O2S. The van der Waals surface area contributed by atoms with E-state index in [4.69, 9.17) is 4.98 Å². The number of aromatic nitrogens is 1. The quantitative estimate of drug-likeness (QED) is 0.529. The zero-order chi connectivity index (χ0) is 19.1. The van der Waals surface area contributed by atoms with Crippen molar-refractivity contribution < 1.29 is 9.90 Å². The fourth-order valence-corrected chi connectivity index (χ4v) is 5.41. The highest BCUT2D eigenvalue weighted by Crippen LogP contribution is 2.40. The molecule has 4 aromatic rings. The third-order valence-electron chi connectivity index (χ3n) is 5.53. The first-order chi connectivity index (χ1) is 13.7. The molecule has 2 aromatic heterocycles. The minimum absolute atomic E-state index is 0.148. The summed E-state index contributed by atoms with van der Waals surface area (Å²) in [7, 11) is 0. The monoisotopic (exact) mass is 388 g/mol. The smallest absolute Gasteiger partial charge is 0.320 e. The van der Waals surface area contributed by atoms with Crippen LogP contribution in [0, 0.1) is 0 Å². The average Bonchev–Trinajstić information content (AvgIpc) is 3.35. The lowest BCUT2D eigenvalue weighted by atomic mass is 10.1. The zero-order valence-electron chi connectivity index (χ0n) is 15.3. The second-order valence-corrected chi connectivity index (χ2v) is 8.37. The van der Waals surface area contributed by atoms with Gasteiger partial charge in [0.15, 0.2) is 0 Å². The van der Waals surface area contributed by atoms with Crippen molar-refractivity contribution in [2.24, 2.45) is 0 Å². The van der Waals surface area contributed by atoms with Crippen molar-refractivity contribution in [3.8, 4) is 0 Å². The number of carboxylic acids is 1. The Bertz CT molecular complexity index is 1140. The van der Waals surface area contributed by atoms with E-state index in [0.717, 1.165) is 34.4 Å². The van der Waals surface area contributed by atoms with E-state index >= 15 is 0 Å². The number of hydrogen-bond acceptors (Lipinski definition) is 4. The number of para-hydroxylation sites is 1. The predicted molar refractivity (Wildman–Crippen MR) is 113 cm³/mol. The highest BCUT2D eigenvalue weighted by molar-refractivity contribution is 7.19. The fourth-order valence-electron chi connectivity index (χ4n) is 4.21. The number of pyridine rings is 1. The molecule has 0 amide bonds. The Labute approximate surface area is 167 Å². The van der Waals surface area contributed by atoms with E-state index in [1.165, 1.54) is 10.1 Å². The van der Waals surface area contributed by atoms with Crippen LogP contribution >= 0.6 is 11.3 Å². The second-order valence-electron chi connectivity index (χ2n) is 7.25. The zero-order valence-corrected chi connectivity index (χ0v) is 16.1. The van der Waals surface area contributed by atoms with Crippen molar-refractivity contribution in [3.63, 3.8) is 0 Å². The molecule has 0 aliphatic carbocycles. The van der Waals surface area contributed by atoms with Gasteiger partial charge in [0.1, 0.15) is 6.04 Å². The number of likely N-dealkylation sites (tertiary alicyclic amines) is 1. The van der Waals surface area contributed by atoms with Crippen LogP contribution in [0.15, 0.2) is 66.7 Å². The van der Waals surface area contributed by atoms with Crippen molar-refractivity contribution in [1.29, 1.82) is 0 Å². The standard InChI is InChI=1S/C23H20N2O2S/c26-23(27)19-9-5-13-25(19)22(21-14-16-7-2-4-10-20(16)28-21)18-12-11-15-6-1-3-8-17(15)24-18/h1-4,6-8,10-12,14,19,22H,5,9,13H2,(H,26,27). The highest BCUT2D eigenvalue weighted by Gasteiger charge is 2.38. The Morgan fingerprint density at radius 3 is 2.68 bits per heavy atom. The minimum Gasteiger partial charge on any atom is -0.480 e. The molecule has 1 saturated heterocycles. The molecule has 1 aliphatic heterocycles. The maximum Gasteiger partial charge on any atom is 0.320 e. The molecule has 0 saturated carbocycles. The molecule has 2 aromatic carbocycles. The number of fused-ring (bicyclic) bond motifs is 2. The van der Waals surface area contributed by atoms with Gasteiger partial charge in [0.05, 0.1) is 17.3 Å². The molecule has 140 valence electrons. The normalized spacial score (nSPS) is 18.6. The van der Waals surface area contributed by atoms with Gasteiger partial charge in [0.25, 0.3) is 0 Å². The molecule has 5 rings (SSSR count). The molecule has 0 spiro atoms. The van der Waals surface area contributed by atoms with Crippen molar-refractivity contribution in [1.82, 2.24) is 9.88 Å². The van der Waals surface area contributed by atoms with E-state index in [0.29, 0.717) is 6.42 Å². The molecule has 2 unspecified atom stereocenters. The summed E-state index contributed by atoms with van der Waals surface area (Å²) < 4.78 is 1.22. The van der Waals surface area contributed by atoms with E-state index < -0.39 is 12.0 Å². The van der Waals surface area contributed by atoms with Gasteiger partial charge in [0, 0.05) is 21.5 Å². The van der Waals surface area contributed by atoms with Crippen LogP contribution in [0.5, 0.6) is 0 Å². The molecule has 3 heterocycles. The Hall–Kier alpha value is -2.76. The summed E-state index contributed by atoms with van der Waals surface area (Å²) in [6.07, 6.45) is 1.58. The van der Waals surface area contributed by atoms with Crippen LogP contribution in [-0.2, 0) is 4.79 Å². The van der Waals surface area contributed by atoms with Gasteiger partial charge in [0.2, 0.25) is 0 Å². The fraction of sp³-hybridized carbons (Fsp3) is 0.217. The second kappa shape index (κ2) is 7.00. The van der Waals surface area contributed by atoms with Crippen LogP contribution in [0.25, 0.3) is 21.0 Å². The number of benzene rings is 2. The average molecular weight is 388 g/mol. The number of nitrogens with zero attached hydrogens (tertiary/aromatic N) is 2. The van der Waals surface area contributed by atoms with Gasteiger partial charge in [-0.2, -0.15) is 0 Å². The van der Waals surface area contributed by atoms with E-state index in [1.54, 1.807) is 11.3 Å². The van der Waals surface area contributed by atoms with Crippen molar-refractivity contribution in [2.75, 3.05) is 6.54 Å². The molecule has 5 heteroatoms. The topological polar surface area (TPSA) is 53.4 Å². The molecule has 1 fully saturated rings. The van der Waals surface area contributed by atoms with Gasteiger partial charge in [-0.25, -0.2) is 0 Å². The SMILES string of the molecule is O=C(O)C1CCCN1C(c1ccc2ccccc2n1)c1cc2ccccc2s1. The van der Waals surface area contributed by atoms with Crippen LogP contribution in [-0.4, -0.2) is 33.5 Å². The number of carbonyl (C=O) groups is 1. The first-order valence-electron chi connectivity index (χ1n) is 9.53. The first kappa shape index (κ1) is 17.3. The van der Waals surface area contributed by atoms with Crippen molar-refractivity contribution in [2.45, 2.75) is 24.9 Å². The summed E-state index contributed by atoms with van der Waals surface area (Å²) >= 11 is 1.73. The van der Waals surface area contributed by atoms with Crippen LogP contribution in [0.4, 0.5) is 0 Å². The van der Waals surface area contributed by atoms with E-state index in [1.807, 2.05) is 30.3 Å². The molecule has 1 N–H and O–H groups in total. The Balaban J connectivity index is 1.67. The summed E-state index contributed by atoms with van der Waals surface area (Å²) in [6, 6.07) is 22.1. The Morgan fingerprint density at radius 1 is 1.07 bits per heavy atom. The van der Waals surface area contributed by atoms with Gasteiger partial charge >= 0.3 is 5.97 Å². The first-order valence-corrected chi connectivity index (χ1v) is 10.3. The minimum atomic E-state index is -0.746. The van der Waals surface area contributed by atoms with Gasteiger partial charge in [-0.3, -0.25) is 14.7 Å². The highest BCUT2D eigenvalue weighted by atomic mass is 32.1. The molecule has 4 nitrogen and oxygen atoms in total. The molecule has 0 bridgehead atoms. The lowest BCUT2D eigenvalue weighted by molar-refractivity contribution is -0.142. The molecule has 2 atom stereocenters. The maximum absolute atomic E-state index is 11.9. The van der Waals surface area contributed by atoms with Gasteiger partial charge in [-0.1, -0.05) is 42.5 Å². The lowest BCUT2D eigenvalue weighted by Crippen LogP contribution is -2.39. The van der Waals surface area contributed by atoms with E-state index in [-0.39, 0.29) is 6.04 Å². The molecular weight excluding hydrogens is 368 g/mol. The summed E-state index contributed by atoms with van der Waals surface area (Å²) in [5.41, 5.74) is 1.86. The van der Waals surface area contributed by atoms with E-state index in [9.17, 15) is 9.90 Å². The van der Waals surface area contributed by atoms with Gasteiger partial charge in [-0.05, 0) is 42.5 Å². The van der Waals surface area contributed by atoms with Crippen LogP contribution in [0.1, 0.15) is 29.5 Å². The molecule has 0 radical (unpaired) electrons. The third kappa shape index (κ3) is 2.97. The summed E-state index contributed by atoms with van der Waals surface area (Å²) in [5.74, 6) is -0.746. The number of rotatable bonds is 4. The third-order valence-corrected chi connectivity index (χ3v) is 6.69. The summed E-state index contributed by atoms with van der Waals surface area (Å²) in [6.45, 7) is 0.768. The molecule has 1 aliphatic rings. The lowest BCUT2D eigenvalue weighted by Gasteiger charge is -2.30. The van der Waals surface area contributed by atoms with Gasteiger partial charge in [-0.15, -0.1) is 11.3 Å². The predicted octanol–water partition coefficient (Wildman–Crippen LogP) is 5.09. The van der Waals surface area contributed by atoms with Crippen LogP contribution < -0.4 is 0 Å². The Morgan fingerprint density at radius 2 is 1.86 bits per heavy atom. The van der Waals surface area contributed by atoms with Gasteiger partial charge < -0.3 is 5.11 Å². The van der Waals surface area contributed by atoms with E-state index in [2.05, 4.69) is 41.3 Å².